The molecule has 0 bridgehead atoms. The van der Waals surface area contributed by atoms with Gasteiger partial charge in [-0.2, -0.15) is 0 Å². The lowest BCUT2D eigenvalue weighted by Gasteiger charge is -2.03. The Balaban J connectivity index is 1.67. The van der Waals surface area contributed by atoms with Crippen molar-refractivity contribution in [3.8, 4) is 0 Å². The molecule has 144 valence electrons. The van der Waals surface area contributed by atoms with Crippen LogP contribution in [-0.4, -0.2) is 4.92 Å². The summed E-state index contributed by atoms with van der Waals surface area (Å²) in [7, 11) is 0. The Bertz CT molecular complexity index is 897. The van der Waals surface area contributed by atoms with E-state index in [4.69, 9.17) is 4.42 Å². The Morgan fingerprint density at radius 3 is 2.26 bits per heavy atom. The molecule has 1 aromatic heterocycles. The third kappa shape index (κ3) is 4.68. The van der Waals surface area contributed by atoms with Gasteiger partial charge < -0.3 is 4.42 Å². The van der Waals surface area contributed by atoms with Crippen LogP contribution in [0.3, 0.4) is 0 Å². The average Bonchev–Trinajstić information content (AvgIpc) is 3.06. The predicted octanol–water partition coefficient (Wildman–Crippen LogP) is 7.57. The van der Waals surface area contributed by atoms with E-state index in [0.29, 0.717) is 12.0 Å². The van der Waals surface area contributed by atoms with Gasteiger partial charge in [0.2, 0.25) is 0 Å². The van der Waals surface area contributed by atoms with Gasteiger partial charge in [-0.1, -0.05) is 88.6 Å². The molecule has 0 aliphatic carbocycles. The lowest BCUT2D eigenvalue weighted by atomic mass is 9.99. The van der Waals surface area contributed by atoms with E-state index in [9.17, 15) is 10.1 Å². The van der Waals surface area contributed by atoms with Crippen molar-refractivity contribution in [3.05, 3.63) is 52.1 Å². The molecule has 0 aliphatic heterocycles. The summed E-state index contributed by atoms with van der Waals surface area (Å²) in [5.41, 5.74) is 1.38. The van der Waals surface area contributed by atoms with Crippen LogP contribution in [0.5, 0.6) is 0 Å². The van der Waals surface area contributed by atoms with Gasteiger partial charge in [0.05, 0.1) is 5.56 Å². The summed E-state index contributed by atoms with van der Waals surface area (Å²) in [4.78, 5) is 11.1. The number of aryl methyl sites for hydroxylation is 1. The predicted molar refractivity (Wildman–Crippen MR) is 111 cm³/mol. The maximum atomic E-state index is 11.5. The number of rotatable bonds is 11. The molecule has 2 aromatic carbocycles. The third-order valence-corrected chi connectivity index (χ3v) is 5.35. The summed E-state index contributed by atoms with van der Waals surface area (Å²) in [5, 5.41) is 14.5. The number of furan rings is 1. The summed E-state index contributed by atoms with van der Waals surface area (Å²) in [6.45, 7) is 2.24. The molecule has 0 N–H and O–H groups in total. The van der Waals surface area contributed by atoms with Gasteiger partial charge in [0.15, 0.2) is 0 Å². The molecule has 0 amide bonds. The maximum Gasteiger partial charge on any atom is 0.437 e. The SMILES string of the molecule is CCCCCCCCCCCc1c([N+](=O)[O-])oc2ccc3ccccc3c12. The molecule has 0 saturated carbocycles. The van der Waals surface area contributed by atoms with Crippen molar-refractivity contribution in [1.29, 1.82) is 0 Å². The fourth-order valence-electron chi connectivity index (χ4n) is 3.91. The molecule has 3 rings (SSSR count). The minimum absolute atomic E-state index is 0.0825. The molecular formula is C23H29NO3. The number of hydrogen-bond donors (Lipinski definition) is 0. The van der Waals surface area contributed by atoms with Crippen LogP contribution in [0, 0.1) is 10.1 Å². The highest BCUT2D eigenvalue weighted by atomic mass is 16.6. The molecule has 1 heterocycles. The molecule has 0 spiro atoms. The quantitative estimate of drug-likeness (QED) is 0.199. The average molecular weight is 367 g/mol. The Kier molecular flexibility index (Phi) is 6.86. The zero-order valence-corrected chi connectivity index (χ0v) is 16.2. The first-order valence-corrected chi connectivity index (χ1v) is 10.3. The van der Waals surface area contributed by atoms with E-state index in [1.54, 1.807) is 0 Å². The number of hydrogen-bond acceptors (Lipinski definition) is 3. The second kappa shape index (κ2) is 9.54. The number of benzene rings is 2. The number of nitrogens with zero attached hydrogens (tertiary/aromatic N) is 1. The second-order valence-corrected chi connectivity index (χ2v) is 7.38. The van der Waals surface area contributed by atoms with Crippen LogP contribution in [0.2, 0.25) is 0 Å². The van der Waals surface area contributed by atoms with Crippen molar-refractivity contribution in [2.24, 2.45) is 0 Å². The van der Waals surface area contributed by atoms with Crippen molar-refractivity contribution in [2.75, 3.05) is 0 Å². The molecule has 4 heteroatoms. The zero-order valence-electron chi connectivity index (χ0n) is 16.2. The minimum atomic E-state index is -0.377. The highest BCUT2D eigenvalue weighted by Crippen LogP contribution is 2.37. The lowest BCUT2D eigenvalue weighted by Crippen LogP contribution is -1.93. The van der Waals surface area contributed by atoms with Gasteiger partial charge in [-0.25, -0.2) is 0 Å². The number of fused-ring (bicyclic) bond motifs is 3. The Morgan fingerprint density at radius 2 is 1.56 bits per heavy atom. The Morgan fingerprint density at radius 1 is 0.889 bits per heavy atom. The van der Waals surface area contributed by atoms with Crippen LogP contribution in [0.25, 0.3) is 21.7 Å². The first kappa shape index (κ1) is 19.4. The van der Waals surface area contributed by atoms with Crippen molar-refractivity contribution >= 4 is 27.6 Å². The molecule has 0 radical (unpaired) electrons. The zero-order chi connectivity index (χ0) is 19.1. The fraction of sp³-hybridized carbons (Fsp3) is 0.478. The van der Waals surface area contributed by atoms with E-state index in [2.05, 4.69) is 6.92 Å². The minimum Gasteiger partial charge on any atom is -0.400 e. The van der Waals surface area contributed by atoms with Gasteiger partial charge >= 0.3 is 5.88 Å². The smallest absolute Gasteiger partial charge is 0.400 e. The first-order chi connectivity index (χ1) is 13.2. The molecule has 0 fully saturated rings. The van der Waals surface area contributed by atoms with Gasteiger partial charge in [-0.15, -0.1) is 0 Å². The lowest BCUT2D eigenvalue weighted by molar-refractivity contribution is -0.402. The van der Waals surface area contributed by atoms with E-state index in [1.165, 1.54) is 44.9 Å². The molecule has 27 heavy (non-hydrogen) atoms. The van der Waals surface area contributed by atoms with E-state index in [0.717, 1.165) is 34.6 Å². The monoisotopic (exact) mass is 367 g/mol. The summed E-state index contributed by atoms with van der Waals surface area (Å²) >= 11 is 0. The molecule has 4 nitrogen and oxygen atoms in total. The van der Waals surface area contributed by atoms with E-state index >= 15 is 0 Å². The topological polar surface area (TPSA) is 56.3 Å². The standard InChI is InChI=1S/C23H29NO3/c1-2-3-4-5-6-7-8-9-10-15-20-22-19-14-12-11-13-18(19)16-17-21(22)27-23(20)24(25)26/h11-14,16-17H,2-10,15H2,1H3. The number of nitro groups is 1. The van der Waals surface area contributed by atoms with Crippen molar-refractivity contribution < 1.29 is 9.34 Å². The van der Waals surface area contributed by atoms with E-state index in [-0.39, 0.29) is 10.8 Å². The fourth-order valence-corrected chi connectivity index (χ4v) is 3.91. The van der Waals surface area contributed by atoms with Crippen LogP contribution in [-0.2, 0) is 6.42 Å². The normalized spacial score (nSPS) is 11.4. The van der Waals surface area contributed by atoms with E-state index in [1.807, 2.05) is 36.4 Å². The summed E-state index contributed by atoms with van der Waals surface area (Å²) in [6.07, 6.45) is 11.9. The molecular weight excluding hydrogens is 338 g/mol. The van der Waals surface area contributed by atoms with Gasteiger partial charge in [0, 0.05) is 5.39 Å². The highest BCUT2D eigenvalue weighted by molar-refractivity contribution is 6.08. The third-order valence-electron chi connectivity index (χ3n) is 5.35. The van der Waals surface area contributed by atoms with Gasteiger partial charge in [-0.3, -0.25) is 10.1 Å². The summed E-state index contributed by atoms with van der Waals surface area (Å²) < 4.78 is 5.60. The van der Waals surface area contributed by atoms with Gasteiger partial charge in [0.1, 0.15) is 10.5 Å². The van der Waals surface area contributed by atoms with Crippen LogP contribution >= 0.6 is 0 Å². The molecule has 0 atom stereocenters. The van der Waals surface area contributed by atoms with Crippen molar-refractivity contribution in [2.45, 2.75) is 71.1 Å². The van der Waals surface area contributed by atoms with Gasteiger partial charge in [-0.05, 0) is 29.7 Å². The first-order valence-electron chi connectivity index (χ1n) is 10.3. The van der Waals surface area contributed by atoms with Crippen LogP contribution < -0.4 is 0 Å². The Hall–Kier alpha value is -2.36. The van der Waals surface area contributed by atoms with Crippen LogP contribution in [0.1, 0.15) is 70.3 Å². The number of unbranched alkanes of at least 4 members (excludes halogenated alkanes) is 8. The molecule has 0 saturated heterocycles. The van der Waals surface area contributed by atoms with E-state index < -0.39 is 0 Å². The highest BCUT2D eigenvalue weighted by Gasteiger charge is 2.24. The molecule has 0 aliphatic rings. The van der Waals surface area contributed by atoms with Crippen LogP contribution in [0.15, 0.2) is 40.8 Å². The Labute approximate surface area is 160 Å². The molecule has 0 unspecified atom stereocenters. The maximum absolute atomic E-state index is 11.5. The van der Waals surface area contributed by atoms with Gasteiger partial charge in [0.25, 0.3) is 0 Å². The second-order valence-electron chi connectivity index (χ2n) is 7.38. The summed E-state index contributed by atoms with van der Waals surface area (Å²) in [6, 6.07) is 11.8. The summed E-state index contributed by atoms with van der Waals surface area (Å²) in [5.74, 6) is -0.0825. The largest absolute Gasteiger partial charge is 0.437 e. The van der Waals surface area contributed by atoms with Crippen LogP contribution in [0.4, 0.5) is 5.88 Å². The van der Waals surface area contributed by atoms with Crippen molar-refractivity contribution in [1.82, 2.24) is 0 Å². The van der Waals surface area contributed by atoms with Crippen molar-refractivity contribution in [3.63, 3.8) is 0 Å². The molecule has 3 aromatic rings.